The lowest BCUT2D eigenvalue weighted by atomic mass is 10.1. The minimum absolute atomic E-state index is 0.697. The van der Waals surface area contributed by atoms with Gasteiger partial charge in [-0.15, -0.1) is 0 Å². The van der Waals surface area contributed by atoms with E-state index in [1.54, 1.807) is 0 Å². The summed E-state index contributed by atoms with van der Waals surface area (Å²) in [7, 11) is 0. The first-order chi connectivity index (χ1) is 7.09. The van der Waals surface area contributed by atoms with Gasteiger partial charge < -0.3 is 4.90 Å². The number of nitrogens with zero attached hydrogens (tertiary/aromatic N) is 1. The smallest absolute Gasteiger partial charge is 0.00476 e. The standard InChI is InChI=1S/C12H21N.C2H6/c1-10(2)5-6-12-7-8-13(9-12)11(3)4;1-2/h5-6,11-12H,1,7-9H2,2-4H3;1-2H3/b6-5+;. The van der Waals surface area contributed by atoms with E-state index in [1.807, 2.05) is 20.8 Å². The molecular formula is C14H27N. The summed E-state index contributed by atoms with van der Waals surface area (Å²) < 4.78 is 0. The van der Waals surface area contributed by atoms with Gasteiger partial charge in [0.2, 0.25) is 0 Å². The molecule has 1 fully saturated rings. The summed E-state index contributed by atoms with van der Waals surface area (Å²) in [5.41, 5.74) is 1.16. The Morgan fingerprint density at radius 1 is 1.40 bits per heavy atom. The van der Waals surface area contributed by atoms with Gasteiger partial charge in [0, 0.05) is 12.6 Å². The molecule has 0 spiro atoms. The molecule has 0 aliphatic carbocycles. The maximum atomic E-state index is 3.87. The fourth-order valence-electron chi connectivity index (χ4n) is 1.74. The third-order valence-corrected chi connectivity index (χ3v) is 2.64. The highest BCUT2D eigenvalue weighted by atomic mass is 15.2. The van der Waals surface area contributed by atoms with E-state index >= 15 is 0 Å². The third-order valence-electron chi connectivity index (χ3n) is 2.64. The molecule has 0 aromatic heterocycles. The Bertz CT molecular complexity index is 203. The topological polar surface area (TPSA) is 3.24 Å². The molecule has 15 heavy (non-hydrogen) atoms. The van der Waals surface area contributed by atoms with Gasteiger partial charge in [-0.05, 0) is 39.7 Å². The van der Waals surface area contributed by atoms with Gasteiger partial charge in [-0.25, -0.2) is 0 Å². The van der Waals surface area contributed by atoms with Crippen molar-refractivity contribution in [1.29, 1.82) is 0 Å². The molecule has 1 aliphatic rings. The zero-order valence-corrected chi connectivity index (χ0v) is 11.1. The van der Waals surface area contributed by atoms with Crippen LogP contribution < -0.4 is 0 Å². The number of likely N-dealkylation sites (tertiary alicyclic amines) is 1. The van der Waals surface area contributed by atoms with Crippen LogP contribution in [0.2, 0.25) is 0 Å². The first-order valence-corrected chi connectivity index (χ1v) is 6.17. The summed E-state index contributed by atoms with van der Waals surface area (Å²) in [4.78, 5) is 2.54. The Morgan fingerprint density at radius 2 is 2.00 bits per heavy atom. The van der Waals surface area contributed by atoms with Crippen molar-refractivity contribution in [2.24, 2.45) is 5.92 Å². The number of rotatable bonds is 3. The van der Waals surface area contributed by atoms with Gasteiger partial charge in [0.15, 0.2) is 0 Å². The highest BCUT2D eigenvalue weighted by molar-refractivity contribution is 5.12. The summed E-state index contributed by atoms with van der Waals surface area (Å²) in [6.45, 7) is 16.9. The quantitative estimate of drug-likeness (QED) is 0.638. The summed E-state index contributed by atoms with van der Waals surface area (Å²) in [5, 5.41) is 0. The van der Waals surface area contributed by atoms with E-state index < -0.39 is 0 Å². The van der Waals surface area contributed by atoms with Crippen molar-refractivity contribution in [3.63, 3.8) is 0 Å². The first-order valence-electron chi connectivity index (χ1n) is 6.17. The van der Waals surface area contributed by atoms with Crippen LogP contribution in [0, 0.1) is 5.92 Å². The zero-order valence-electron chi connectivity index (χ0n) is 11.1. The van der Waals surface area contributed by atoms with Crippen molar-refractivity contribution in [2.45, 2.75) is 47.1 Å². The van der Waals surface area contributed by atoms with E-state index in [1.165, 1.54) is 19.5 Å². The summed E-state index contributed by atoms with van der Waals surface area (Å²) in [6, 6.07) is 0.697. The first kappa shape index (κ1) is 14.4. The zero-order chi connectivity index (χ0) is 11.8. The lowest BCUT2D eigenvalue weighted by Crippen LogP contribution is -2.27. The van der Waals surface area contributed by atoms with E-state index in [0.29, 0.717) is 6.04 Å². The van der Waals surface area contributed by atoms with Crippen LogP contribution in [0.3, 0.4) is 0 Å². The molecular weight excluding hydrogens is 182 g/mol. The molecule has 1 heterocycles. The fourth-order valence-corrected chi connectivity index (χ4v) is 1.74. The predicted octanol–water partition coefficient (Wildman–Crippen LogP) is 3.88. The minimum atomic E-state index is 0.697. The second kappa shape index (κ2) is 7.70. The van der Waals surface area contributed by atoms with Gasteiger partial charge in [-0.1, -0.05) is 38.2 Å². The molecule has 0 N–H and O–H groups in total. The molecule has 0 aromatic carbocycles. The Morgan fingerprint density at radius 3 is 2.40 bits per heavy atom. The molecule has 1 heteroatoms. The van der Waals surface area contributed by atoms with Crippen LogP contribution in [-0.4, -0.2) is 24.0 Å². The average molecular weight is 209 g/mol. The second-order valence-electron chi connectivity index (χ2n) is 4.34. The average Bonchev–Trinajstić information content (AvgIpc) is 2.66. The number of hydrogen-bond donors (Lipinski definition) is 0. The number of hydrogen-bond acceptors (Lipinski definition) is 1. The third kappa shape index (κ3) is 5.78. The monoisotopic (exact) mass is 209 g/mol. The Labute approximate surface area is 95.9 Å². The largest absolute Gasteiger partial charge is 0.300 e. The summed E-state index contributed by atoms with van der Waals surface area (Å²) in [6.07, 6.45) is 5.77. The Hall–Kier alpha value is -0.560. The van der Waals surface area contributed by atoms with Crippen LogP contribution in [0.5, 0.6) is 0 Å². The highest BCUT2D eigenvalue weighted by Gasteiger charge is 2.21. The van der Waals surface area contributed by atoms with Crippen molar-refractivity contribution in [1.82, 2.24) is 4.90 Å². The number of allylic oxidation sites excluding steroid dienone is 2. The van der Waals surface area contributed by atoms with Crippen LogP contribution in [0.25, 0.3) is 0 Å². The van der Waals surface area contributed by atoms with E-state index in [9.17, 15) is 0 Å². The van der Waals surface area contributed by atoms with Crippen LogP contribution >= 0.6 is 0 Å². The summed E-state index contributed by atoms with van der Waals surface area (Å²) in [5.74, 6) is 0.749. The van der Waals surface area contributed by atoms with Gasteiger partial charge >= 0.3 is 0 Å². The van der Waals surface area contributed by atoms with Crippen molar-refractivity contribution < 1.29 is 0 Å². The van der Waals surface area contributed by atoms with Gasteiger partial charge in [-0.3, -0.25) is 0 Å². The van der Waals surface area contributed by atoms with Crippen LogP contribution in [0.1, 0.15) is 41.0 Å². The van der Waals surface area contributed by atoms with E-state index in [2.05, 4.69) is 37.5 Å². The van der Waals surface area contributed by atoms with Crippen molar-refractivity contribution in [2.75, 3.05) is 13.1 Å². The molecule has 0 saturated carbocycles. The molecule has 1 atom stereocenters. The van der Waals surface area contributed by atoms with Crippen molar-refractivity contribution >= 4 is 0 Å². The molecule has 0 amide bonds. The Kier molecular flexibility index (Phi) is 7.41. The van der Waals surface area contributed by atoms with Crippen LogP contribution in [-0.2, 0) is 0 Å². The van der Waals surface area contributed by atoms with E-state index in [-0.39, 0.29) is 0 Å². The lowest BCUT2D eigenvalue weighted by molar-refractivity contribution is 0.270. The molecule has 0 radical (unpaired) electrons. The van der Waals surface area contributed by atoms with Gasteiger partial charge in [0.05, 0.1) is 0 Å². The normalized spacial score (nSPS) is 21.9. The molecule has 1 saturated heterocycles. The Balaban J connectivity index is 0.000000921. The fraction of sp³-hybridized carbons (Fsp3) is 0.714. The van der Waals surface area contributed by atoms with Gasteiger partial charge in [0.25, 0.3) is 0 Å². The molecule has 1 nitrogen and oxygen atoms in total. The summed E-state index contributed by atoms with van der Waals surface area (Å²) >= 11 is 0. The van der Waals surface area contributed by atoms with Crippen molar-refractivity contribution in [3.8, 4) is 0 Å². The highest BCUT2D eigenvalue weighted by Crippen LogP contribution is 2.19. The molecule has 1 rings (SSSR count). The van der Waals surface area contributed by atoms with E-state index in [0.717, 1.165) is 11.5 Å². The lowest BCUT2D eigenvalue weighted by Gasteiger charge is -2.19. The predicted molar refractivity (Wildman–Crippen MR) is 70.1 cm³/mol. The molecule has 0 aromatic rings. The maximum Gasteiger partial charge on any atom is 0.00476 e. The molecule has 88 valence electrons. The second-order valence-corrected chi connectivity index (χ2v) is 4.34. The molecule has 0 bridgehead atoms. The maximum absolute atomic E-state index is 3.87. The van der Waals surface area contributed by atoms with Crippen LogP contribution in [0.4, 0.5) is 0 Å². The van der Waals surface area contributed by atoms with Crippen molar-refractivity contribution in [3.05, 3.63) is 24.3 Å². The SMILES string of the molecule is C=C(C)/C=C/C1CCN(C(C)C)C1.CC. The van der Waals surface area contributed by atoms with Crippen LogP contribution in [0.15, 0.2) is 24.3 Å². The van der Waals surface area contributed by atoms with Gasteiger partial charge in [-0.2, -0.15) is 0 Å². The molecule has 1 unspecified atom stereocenters. The molecule has 1 aliphatic heterocycles. The van der Waals surface area contributed by atoms with E-state index in [4.69, 9.17) is 0 Å². The minimum Gasteiger partial charge on any atom is -0.300 e. The van der Waals surface area contributed by atoms with Gasteiger partial charge in [0.1, 0.15) is 0 Å².